The van der Waals surface area contributed by atoms with E-state index in [4.69, 9.17) is 4.74 Å². The number of aromatic nitrogens is 2. The summed E-state index contributed by atoms with van der Waals surface area (Å²) in [4.78, 5) is 30.6. The number of hydrogen-bond donors (Lipinski definition) is 1. The van der Waals surface area contributed by atoms with Gasteiger partial charge in [-0.2, -0.15) is 0 Å². The Morgan fingerprint density at radius 3 is 2.76 bits per heavy atom. The van der Waals surface area contributed by atoms with Gasteiger partial charge in [-0.05, 0) is 24.1 Å². The Kier molecular flexibility index (Phi) is 4.74. The number of benzene rings is 1. The summed E-state index contributed by atoms with van der Waals surface area (Å²) in [6.45, 7) is 3.20. The van der Waals surface area contributed by atoms with Gasteiger partial charge in [0.05, 0.1) is 13.2 Å². The molecule has 0 fully saturated rings. The second-order valence-electron chi connectivity index (χ2n) is 6.13. The predicted molar refractivity (Wildman–Crippen MR) is 92.7 cm³/mol. The van der Waals surface area contributed by atoms with Crippen LogP contribution in [-0.2, 0) is 6.54 Å². The lowest BCUT2D eigenvalue weighted by molar-refractivity contribution is 0.0789. The Morgan fingerprint density at radius 1 is 1.40 bits per heavy atom. The smallest absolute Gasteiger partial charge is 0.287 e. The Morgan fingerprint density at radius 2 is 2.12 bits per heavy atom. The Bertz CT molecular complexity index is 782. The highest BCUT2D eigenvalue weighted by Crippen LogP contribution is 2.23. The quantitative estimate of drug-likeness (QED) is 0.900. The lowest BCUT2D eigenvalue weighted by Crippen LogP contribution is -2.38. The van der Waals surface area contributed by atoms with Gasteiger partial charge in [-0.1, -0.05) is 19.1 Å². The van der Waals surface area contributed by atoms with Crippen molar-refractivity contribution in [2.45, 2.75) is 25.9 Å². The number of nitrogens with zero attached hydrogens (tertiary/aromatic N) is 3. The van der Waals surface area contributed by atoms with Crippen molar-refractivity contribution in [3.05, 3.63) is 47.5 Å². The fourth-order valence-electron chi connectivity index (χ4n) is 2.96. The van der Waals surface area contributed by atoms with Crippen LogP contribution in [0.15, 0.2) is 30.5 Å². The minimum Gasteiger partial charge on any atom is -0.497 e. The van der Waals surface area contributed by atoms with Crippen LogP contribution >= 0.6 is 0 Å². The first-order valence-corrected chi connectivity index (χ1v) is 8.31. The fourth-order valence-corrected chi connectivity index (χ4v) is 2.96. The van der Waals surface area contributed by atoms with Crippen LogP contribution in [0.2, 0.25) is 0 Å². The van der Waals surface area contributed by atoms with Crippen molar-refractivity contribution in [3.8, 4) is 5.75 Å². The van der Waals surface area contributed by atoms with Crippen LogP contribution in [0.3, 0.4) is 0 Å². The summed E-state index contributed by atoms with van der Waals surface area (Å²) in [6.07, 6.45) is 2.54. The second kappa shape index (κ2) is 6.96. The summed E-state index contributed by atoms with van der Waals surface area (Å²) in [5, 5.41) is 2.94. The molecule has 0 spiro atoms. The van der Waals surface area contributed by atoms with E-state index >= 15 is 0 Å². The van der Waals surface area contributed by atoms with Crippen molar-refractivity contribution in [1.82, 2.24) is 19.8 Å². The average molecular weight is 342 g/mol. The molecule has 0 aliphatic carbocycles. The van der Waals surface area contributed by atoms with Crippen molar-refractivity contribution in [2.75, 3.05) is 20.7 Å². The molecule has 2 heterocycles. The zero-order valence-corrected chi connectivity index (χ0v) is 14.7. The van der Waals surface area contributed by atoms with Crippen LogP contribution in [0.25, 0.3) is 0 Å². The maximum atomic E-state index is 12.4. The van der Waals surface area contributed by atoms with Crippen molar-refractivity contribution in [2.24, 2.45) is 0 Å². The monoisotopic (exact) mass is 342 g/mol. The van der Waals surface area contributed by atoms with Crippen molar-refractivity contribution in [1.29, 1.82) is 0 Å². The molecule has 0 saturated heterocycles. The number of ether oxygens (including phenoxy) is 1. The lowest BCUT2D eigenvalue weighted by Gasteiger charge is -2.25. The van der Waals surface area contributed by atoms with Gasteiger partial charge in [0, 0.05) is 26.3 Å². The Balaban J connectivity index is 1.82. The highest BCUT2D eigenvalue weighted by atomic mass is 16.5. The molecule has 1 aliphatic heterocycles. The maximum absolute atomic E-state index is 12.4. The van der Waals surface area contributed by atoms with E-state index in [1.54, 1.807) is 29.8 Å². The molecule has 0 radical (unpaired) electrons. The van der Waals surface area contributed by atoms with Crippen molar-refractivity contribution < 1.29 is 14.3 Å². The van der Waals surface area contributed by atoms with Gasteiger partial charge in [0.1, 0.15) is 11.4 Å². The third-order valence-corrected chi connectivity index (χ3v) is 4.31. The third-order valence-electron chi connectivity index (χ3n) is 4.31. The van der Waals surface area contributed by atoms with E-state index in [2.05, 4.69) is 10.3 Å². The Labute approximate surface area is 146 Å². The number of imidazole rings is 1. The number of carbonyl (C=O) groups excluding carboxylic acids is 2. The number of rotatable bonds is 5. The molecule has 2 amide bonds. The zero-order valence-electron chi connectivity index (χ0n) is 14.7. The molecule has 1 N–H and O–H groups in total. The first-order chi connectivity index (χ1) is 12.0. The molecule has 1 aliphatic rings. The maximum Gasteiger partial charge on any atom is 0.287 e. The molecule has 25 heavy (non-hydrogen) atoms. The fraction of sp³-hybridized carbons (Fsp3) is 0.389. The van der Waals surface area contributed by atoms with Gasteiger partial charge >= 0.3 is 0 Å². The first kappa shape index (κ1) is 17.0. The van der Waals surface area contributed by atoms with E-state index in [0.29, 0.717) is 18.8 Å². The second-order valence-corrected chi connectivity index (χ2v) is 6.13. The largest absolute Gasteiger partial charge is 0.497 e. The van der Waals surface area contributed by atoms with Gasteiger partial charge < -0.3 is 19.5 Å². The van der Waals surface area contributed by atoms with Crippen LogP contribution < -0.4 is 10.1 Å². The summed E-state index contributed by atoms with van der Waals surface area (Å²) < 4.78 is 6.91. The van der Waals surface area contributed by atoms with E-state index in [9.17, 15) is 9.59 Å². The molecule has 7 nitrogen and oxygen atoms in total. The first-order valence-electron chi connectivity index (χ1n) is 8.31. The van der Waals surface area contributed by atoms with Crippen LogP contribution in [0.4, 0.5) is 0 Å². The normalized spacial score (nSPS) is 16.1. The molecule has 0 saturated carbocycles. The molecule has 0 bridgehead atoms. The minimum absolute atomic E-state index is 0.169. The number of amides is 2. The number of nitrogens with one attached hydrogen (secondary N) is 1. The van der Waals surface area contributed by atoms with Gasteiger partial charge in [0.25, 0.3) is 11.8 Å². The number of methoxy groups -OCH3 is 1. The molecule has 132 valence electrons. The molecular weight excluding hydrogens is 320 g/mol. The van der Waals surface area contributed by atoms with Gasteiger partial charge in [0.15, 0.2) is 5.82 Å². The number of hydrogen-bond acceptors (Lipinski definition) is 4. The number of fused-ring (bicyclic) bond motifs is 1. The molecule has 1 aromatic heterocycles. The van der Waals surface area contributed by atoms with Gasteiger partial charge in [-0.15, -0.1) is 0 Å². The summed E-state index contributed by atoms with van der Waals surface area (Å²) in [5.74, 6) is 0.598. The molecule has 1 unspecified atom stereocenters. The molecule has 2 aromatic rings. The summed E-state index contributed by atoms with van der Waals surface area (Å²) in [7, 11) is 3.35. The van der Waals surface area contributed by atoms with Crippen molar-refractivity contribution in [3.63, 3.8) is 0 Å². The van der Waals surface area contributed by atoms with Crippen LogP contribution in [0.1, 0.15) is 46.1 Å². The SMILES string of the molecule is CCCN(C)C(=O)c1cn2c(n1)C(=O)NC(c1ccc(OC)cc1)C2. The van der Waals surface area contributed by atoms with Crippen LogP contribution in [-0.4, -0.2) is 47.0 Å². The molecular formula is C18H22N4O3. The standard InChI is InChI=1S/C18H22N4O3/c1-4-9-21(2)18(24)15-11-22-10-14(20-17(23)16(22)19-15)12-5-7-13(25-3)8-6-12/h5-8,11,14H,4,9-10H2,1-3H3,(H,20,23). The van der Waals surface area contributed by atoms with Crippen LogP contribution in [0.5, 0.6) is 5.75 Å². The third kappa shape index (κ3) is 3.35. The van der Waals surface area contributed by atoms with E-state index in [-0.39, 0.29) is 23.7 Å². The lowest BCUT2D eigenvalue weighted by atomic mass is 10.1. The summed E-state index contributed by atoms with van der Waals surface area (Å²) in [5.41, 5.74) is 1.28. The van der Waals surface area contributed by atoms with E-state index in [1.807, 2.05) is 31.2 Å². The van der Waals surface area contributed by atoms with Gasteiger partial charge in [-0.25, -0.2) is 4.98 Å². The summed E-state index contributed by atoms with van der Waals surface area (Å²) >= 11 is 0. The predicted octanol–water partition coefficient (Wildman–Crippen LogP) is 1.86. The average Bonchev–Trinajstić information content (AvgIpc) is 3.06. The molecule has 1 atom stereocenters. The van der Waals surface area contributed by atoms with Crippen LogP contribution in [0, 0.1) is 0 Å². The topological polar surface area (TPSA) is 76.5 Å². The highest BCUT2D eigenvalue weighted by Gasteiger charge is 2.29. The van der Waals surface area contributed by atoms with E-state index in [0.717, 1.165) is 17.7 Å². The zero-order chi connectivity index (χ0) is 18.0. The highest BCUT2D eigenvalue weighted by molar-refractivity contribution is 5.96. The van der Waals surface area contributed by atoms with Gasteiger partial charge in [0.2, 0.25) is 0 Å². The summed E-state index contributed by atoms with van der Waals surface area (Å²) in [6, 6.07) is 7.40. The van der Waals surface area contributed by atoms with E-state index in [1.165, 1.54) is 0 Å². The van der Waals surface area contributed by atoms with Crippen molar-refractivity contribution >= 4 is 11.8 Å². The molecule has 7 heteroatoms. The molecule has 3 rings (SSSR count). The molecule has 1 aromatic carbocycles. The van der Waals surface area contributed by atoms with Gasteiger partial charge in [-0.3, -0.25) is 9.59 Å². The minimum atomic E-state index is -0.274. The Hall–Kier alpha value is -2.83. The number of carbonyl (C=O) groups is 2. The van der Waals surface area contributed by atoms with E-state index < -0.39 is 0 Å².